The third kappa shape index (κ3) is 2.19. The lowest BCUT2D eigenvalue weighted by molar-refractivity contribution is -0.137. The van der Waals surface area contributed by atoms with E-state index in [1.165, 1.54) is 0 Å². The monoisotopic (exact) mass is 156 g/mol. The number of amides is 1. The van der Waals surface area contributed by atoms with Crippen LogP contribution in [0.2, 0.25) is 0 Å². The molecule has 1 unspecified atom stereocenters. The van der Waals surface area contributed by atoms with E-state index >= 15 is 0 Å². The first-order chi connectivity index (χ1) is 5.24. The highest BCUT2D eigenvalue weighted by Gasteiger charge is 2.19. The first-order valence-electron chi connectivity index (χ1n) is 3.92. The van der Waals surface area contributed by atoms with Gasteiger partial charge in [-0.05, 0) is 13.8 Å². The van der Waals surface area contributed by atoms with Crippen molar-refractivity contribution in [3.8, 4) is 0 Å². The van der Waals surface area contributed by atoms with Crippen molar-refractivity contribution in [3.63, 3.8) is 0 Å². The second-order valence-electron chi connectivity index (χ2n) is 2.77. The smallest absolute Gasteiger partial charge is 0.222 e. The van der Waals surface area contributed by atoms with Crippen LogP contribution in [-0.2, 0) is 9.53 Å². The summed E-state index contributed by atoms with van der Waals surface area (Å²) in [6, 6.07) is 0. The highest BCUT2D eigenvalue weighted by Crippen LogP contribution is 2.05. The van der Waals surface area contributed by atoms with Crippen molar-refractivity contribution < 1.29 is 9.53 Å². The lowest BCUT2D eigenvalue weighted by Crippen LogP contribution is -2.44. The summed E-state index contributed by atoms with van der Waals surface area (Å²) in [7, 11) is 0. The van der Waals surface area contributed by atoms with Gasteiger partial charge in [-0.15, -0.1) is 0 Å². The fraction of sp³-hybridized carbons (Fsp3) is 0.750. The van der Waals surface area contributed by atoms with E-state index in [-0.39, 0.29) is 12.0 Å². The lowest BCUT2D eigenvalue weighted by atomic mass is 10.3. The maximum atomic E-state index is 11.1. The zero-order chi connectivity index (χ0) is 8.27. The molecular weight excluding hydrogens is 142 g/mol. The van der Waals surface area contributed by atoms with E-state index in [4.69, 9.17) is 4.74 Å². The fourth-order valence-corrected chi connectivity index (χ4v) is 1.20. The van der Waals surface area contributed by atoms with Crippen LogP contribution in [0.5, 0.6) is 0 Å². The van der Waals surface area contributed by atoms with Crippen LogP contribution in [0.1, 0.15) is 13.3 Å². The standard InChI is InChI=1S/C8H14NO2/c1-3-8(10)9-4-5-11-7(2)6-9/h7H,1,3-6H2,2H3. The SMILES string of the molecule is [CH2]CC(=O)N1CCOC(C)C1. The predicted octanol–water partition coefficient (Wildman–Crippen LogP) is 0.458. The van der Waals surface area contributed by atoms with Gasteiger partial charge in [0.15, 0.2) is 0 Å². The van der Waals surface area contributed by atoms with E-state index in [9.17, 15) is 4.79 Å². The minimum atomic E-state index is 0.125. The van der Waals surface area contributed by atoms with Crippen molar-refractivity contribution in [2.75, 3.05) is 19.7 Å². The largest absolute Gasteiger partial charge is 0.375 e. The topological polar surface area (TPSA) is 29.5 Å². The van der Waals surface area contributed by atoms with Crippen LogP contribution in [0, 0.1) is 6.92 Å². The Kier molecular flexibility index (Phi) is 2.88. The van der Waals surface area contributed by atoms with Crippen LogP contribution >= 0.6 is 0 Å². The molecule has 1 rings (SSSR count). The zero-order valence-corrected chi connectivity index (χ0v) is 6.88. The van der Waals surface area contributed by atoms with E-state index in [1.54, 1.807) is 4.90 Å². The molecular formula is C8H14NO2. The summed E-state index contributed by atoms with van der Waals surface area (Å²) >= 11 is 0. The minimum absolute atomic E-state index is 0.125. The van der Waals surface area contributed by atoms with Crippen molar-refractivity contribution in [1.29, 1.82) is 0 Å². The van der Waals surface area contributed by atoms with E-state index in [2.05, 4.69) is 6.92 Å². The molecule has 0 spiro atoms. The summed E-state index contributed by atoms with van der Waals surface area (Å²) < 4.78 is 5.29. The number of carbonyl (C=O) groups is 1. The Hall–Kier alpha value is -0.570. The molecule has 1 aliphatic heterocycles. The second kappa shape index (κ2) is 3.72. The molecule has 0 aromatic carbocycles. The van der Waals surface area contributed by atoms with Gasteiger partial charge in [0.05, 0.1) is 12.7 Å². The first kappa shape index (κ1) is 8.53. The van der Waals surface area contributed by atoms with Gasteiger partial charge in [-0.1, -0.05) is 0 Å². The van der Waals surface area contributed by atoms with Gasteiger partial charge in [-0.2, -0.15) is 0 Å². The molecule has 1 aliphatic rings. The summed E-state index contributed by atoms with van der Waals surface area (Å²) in [5.74, 6) is 0.125. The minimum Gasteiger partial charge on any atom is -0.375 e. The zero-order valence-electron chi connectivity index (χ0n) is 6.88. The molecule has 0 saturated carbocycles. The Balaban J connectivity index is 2.39. The van der Waals surface area contributed by atoms with Gasteiger partial charge in [0, 0.05) is 19.5 Å². The van der Waals surface area contributed by atoms with E-state index in [1.807, 2.05) is 6.92 Å². The normalized spacial score (nSPS) is 25.3. The Morgan fingerprint density at radius 1 is 1.82 bits per heavy atom. The number of nitrogens with zero attached hydrogens (tertiary/aromatic N) is 1. The molecule has 3 nitrogen and oxygen atoms in total. The Morgan fingerprint density at radius 2 is 2.55 bits per heavy atom. The number of rotatable bonds is 1. The quantitative estimate of drug-likeness (QED) is 0.552. The molecule has 1 fully saturated rings. The van der Waals surface area contributed by atoms with Gasteiger partial charge in [0.25, 0.3) is 0 Å². The molecule has 11 heavy (non-hydrogen) atoms. The maximum absolute atomic E-state index is 11.1. The van der Waals surface area contributed by atoms with Crippen LogP contribution in [0.4, 0.5) is 0 Å². The van der Waals surface area contributed by atoms with Gasteiger partial charge in [0.1, 0.15) is 0 Å². The third-order valence-electron chi connectivity index (χ3n) is 1.81. The molecule has 1 saturated heterocycles. The van der Waals surface area contributed by atoms with Crippen LogP contribution in [-0.4, -0.2) is 36.6 Å². The highest BCUT2D eigenvalue weighted by atomic mass is 16.5. The number of hydrogen-bond donors (Lipinski definition) is 0. The Labute approximate surface area is 67.3 Å². The molecule has 0 aromatic rings. The van der Waals surface area contributed by atoms with Crippen LogP contribution in [0.15, 0.2) is 0 Å². The molecule has 3 heteroatoms. The number of morpholine rings is 1. The van der Waals surface area contributed by atoms with Gasteiger partial charge in [-0.3, -0.25) is 4.79 Å². The molecule has 1 radical (unpaired) electrons. The van der Waals surface area contributed by atoms with Crippen molar-refractivity contribution >= 4 is 5.91 Å². The molecule has 0 N–H and O–H groups in total. The molecule has 0 aromatic heterocycles. The van der Waals surface area contributed by atoms with E-state index < -0.39 is 0 Å². The van der Waals surface area contributed by atoms with E-state index in [0.717, 1.165) is 6.54 Å². The Morgan fingerprint density at radius 3 is 3.09 bits per heavy atom. The second-order valence-corrected chi connectivity index (χ2v) is 2.77. The van der Waals surface area contributed by atoms with Gasteiger partial charge < -0.3 is 9.64 Å². The van der Waals surface area contributed by atoms with E-state index in [0.29, 0.717) is 19.6 Å². The van der Waals surface area contributed by atoms with Crippen molar-refractivity contribution in [3.05, 3.63) is 6.92 Å². The summed E-state index contributed by atoms with van der Waals surface area (Å²) in [5, 5.41) is 0. The summed E-state index contributed by atoms with van der Waals surface area (Å²) in [6.07, 6.45) is 0.534. The van der Waals surface area contributed by atoms with Crippen molar-refractivity contribution in [2.45, 2.75) is 19.4 Å². The fourth-order valence-electron chi connectivity index (χ4n) is 1.20. The van der Waals surface area contributed by atoms with Gasteiger partial charge >= 0.3 is 0 Å². The first-order valence-corrected chi connectivity index (χ1v) is 3.92. The molecule has 1 amide bonds. The Bertz CT molecular complexity index is 147. The molecule has 0 aliphatic carbocycles. The number of ether oxygens (including phenoxy) is 1. The van der Waals surface area contributed by atoms with Gasteiger partial charge in [-0.25, -0.2) is 0 Å². The average Bonchev–Trinajstić information content (AvgIpc) is 2.03. The average molecular weight is 156 g/mol. The third-order valence-corrected chi connectivity index (χ3v) is 1.81. The lowest BCUT2D eigenvalue weighted by Gasteiger charge is -2.30. The summed E-state index contributed by atoms with van der Waals surface area (Å²) in [5.41, 5.74) is 0. The number of carbonyl (C=O) groups excluding carboxylic acids is 1. The van der Waals surface area contributed by atoms with Crippen molar-refractivity contribution in [1.82, 2.24) is 4.90 Å². The molecule has 1 heterocycles. The van der Waals surface area contributed by atoms with Gasteiger partial charge in [0.2, 0.25) is 5.91 Å². The maximum Gasteiger partial charge on any atom is 0.222 e. The van der Waals surface area contributed by atoms with Crippen molar-refractivity contribution in [2.24, 2.45) is 0 Å². The van der Waals surface area contributed by atoms with Crippen LogP contribution in [0.3, 0.4) is 0 Å². The number of hydrogen-bond acceptors (Lipinski definition) is 2. The predicted molar refractivity (Wildman–Crippen MR) is 42.0 cm³/mol. The summed E-state index contributed by atoms with van der Waals surface area (Å²) in [6.45, 7) is 7.63. The molecule has 0 bridgehead atoms. The molecule has 1 atom stereocenters. The molecule has 63 valence electrons. The highest BCUT2D eigenvalue weighted by molar-refractivity contribution is 5.76. The van der Waals surface area contributed by atoms with Crippen LogP contribution < -0.4 is 0 Å². The summed E-state index contributed by atoms with van der Waals surface area (Å²) in [4.78, 5) is 12.9. The van der Waals surface area contributed by atoms with Crippen LogP contribution in [0.25, 0.3) is 0 Å².